The number of aromatic amines is 1. The van der Waals surface area contributed by atoms with Crippen LogP contribution in [0, 0.1) is 0 Å². The summed E-state index contributed by atoms with van der Waals surface area (Å²) in [6.07, 6.45) is 16.3. The minimum Gasteiger partial charge on any atom is -0.385 e. The van der Waals surface area contributed by atoms with E-state index in [-0.39, 0.29) is 18.2 Å². The SMILES string of the molecule is CCN(CC)CCNC(=O)c1ccc(NCCCCCCCCCCCCCCNC(=O)C(Cc2c[nH]c3ccccc23)N2C(=O)c3ccccc3C2=O)cc1. The van der Waals surface area contributed by atoms with Gasteiger partial charge in [0.25, 0.3) is 17.7 Å². The Morgan fingerprint density at radius 3 is 1.82 bits per heavy atom. The van der Waals surface area contributed by atoms with Gasteiger partial charge in [-0.2, -0.15) is 0 Å². The number of amides is 4. The van der Waals surface area contributed by atoms with E-state index in [4.69, 9.17) is 0 Å². The molecule has 0 bridgehead atoms. The predicted octanol–water partition coefficient (Wildman–Crippen LogP) is 8.36. The first kappa shape index (κ1) is 42.2. The number of likely N-dealkylation sites (N-methyl/N-ethyl adjacent to an activating group) is 1. The van der Waals surface area contributed by atoms with Gasteiger partial charge in [-0.05, 0) is 74.0 Å². The number of hydrogen-bond acceptors (Lipinski definition) is 6. The van der Waals surface area contributed by atoms with Crippen LogP contribution < -0.4 is 16.0 Å². The first-order valence-electron chi connectivity index (χ1n) is 21.0. The van der Waals surface area contributed by atoms with Gasteiger partial charge in [-0.3, -0.25) is 24.1 Å². The quantitative estimate of drug-likeness (QED) is 0.0377. The molecule has 10 nitrogen and oxygen atoms in total. The smallest absolute Gasteiger partial charge is 0.262 e. The van der Waals surface area contributed by atoms with E-state index in [0.29, 0.717) is 29.8 Å². The second-order valence-electron chi connectivity index (χ2n) is 14.9. The highest BCUT2D eigenvalue weighted by Crippen LogP contribution is 2.28. The number of carbonyl (C=O) groups excluding carboxylic acids is 4. The molecule has 4 aromatic rings. The fourth-order valence-electron chi connectivity index (χ4n) is 7.59. The third-order valence-electron chi connectivity index (χ3n) is 11.0. The minimum absolute atomic E-state index is 0.0177. The number of para-hydroxylation sites is 1. The normalized spacial score (nSPS) is 13.0. The van der Waals surface area contributed by atoms with Crippen molar-refractivity contribution >= 4 is 40.2 Å². The first-order valence-corrected chi connectivity index (χ1v) is 21.0. The monoisotopic (exact) mass is 762 g/mol. The molecule has 0 fully saturated rings. The van der Waals surface area contributed by atoms with Crippen LogP contribution in [0.3, 0.4) is 0 Å². The molecule has 4 N–H and O–H groups in total. The van der Waals surface area contributed by atoms with Gasteiger partial charge in [0.1, 0.15) is 6.04 Å². The zero-order chi connectivity index (χ0) is 39.5. The van der Waals surface area contributed by atoms with Crippen molar-refractivity contribution in [2.75, 3.05) is 44.6 Å². The maximum Gasteiger partial charge on any atom is 0.262 e. The van der Waals surface area contributed by atoms with Crippen LogP contribution in [0.2, 0.25) is 0 Å². The topological polar surface area (TPSA) is 127 Å². The van der Waals surface area contributed by atoms with E-state index in [1.165, 1.54) is 51.4 Å². The van der Waals surface area contributed by atoms with Crippen molar-refractivity contribution in [1.82, 2.24) is 25.4 Å². The Morgan fingerprint density at radius 1 is 0.661 bits per heavy atom. The molecule has 1 aromatic heterocycles. The van der Waals surface area contributed by atoms with Crippen LogP contribution in [0.5, 0.6) is 0 Å². The van der Waals surface area contributed by atoms with Crippen molar-refractivity contribution in [3.63, 3.8) is 0 Å². The summed E-state index contributed by atoms with van der Waals surface area (Å²) in [5, 5.41) is 10.5. The average Bonchev–Trinajstić information content (AvgIpc) is 3.75. The molecule has 0 spiro atoms. The lowest BCUT2D eigenvalue weighted by Gasteiger charge is -2.25. The molecule has 0 saturated carbocycles. The number of aromatic nitrogens is 1. The van der Waals surface area contributed by atoms with E-state index >= 15 is 0 Å². The molecule has 1 aliphatic rings. The van der Waals surface area contributed by atoms with Gasteiger partial charge in [-0.15, -0.1) is 0 Å². The van der Waals surface area contributed by atoms with E-state index in [1.54, 1.807) is 24.3 Å². The number of fused-ring (bicyclic) bond motifs is 2. The number of imide groups is 1. The first-order chi connectivity index (χ1) is 27.4. The van der Waals surface area contributed by atoms with Gasteiger partial charge in [0.15, 0.2) is 0 Å². The predicted molar refractivity (Wildman–Crippen MR) is 226 cm³/mol. The van der Waals surface area contributed by atoms with Crippen LogP contribution in [-0.2, 0) is 11.2 Å². The highest BCUT2D eigenvalue weighted by atomic mass is 16.2. The van der Waals surface area contributed by atoms with Crippen LogP contribution in [0.4, 0.5) is 5.69 Å². The fraction of sp³-hybridized carbons (Fsp3) is 0.478. The number of hydrogen-bond donors (Lipinski definition) is 4. The van der Waals surface area contributed by atoms with Gasteiger partial charge in [0.05, 0.1) is 11.1 Å². The second-order valence-corrected chi connectivity index (χ2v) is 14.9. The summed E-state index contributed by atoms with van der Waals surface area (Å²) < 4.78 is 0. The number of anilines is 1. The lowest BCUT2D eigenvalue weighted by molar-refractivity contribution is -0.125. The molecule has 56 heavy (non-hydrogen) atoms. The molecule has 5 rings (SSSR count). The maximum absolute atomic E-state index is 13.6. The summed E-state index contributed by atoms with van der Waals surface area (Å²) in [6.45, 7) is 9.25. The number of nitrogens with one attached hydrogen (secondary N) is 4. The largest absolute Gasteiger partial charge is 0.385 e. The number of unbranched alkanes of at least 4 members (excludes halogenated alkanes) is 11. The third kappa shape index (κ3) is 12.0. The highest BCUT2D eigenvalue weighted by Gasteiger charge is 2.42. The number of rotatable bonds is 26. The van der Waals surface area contributed by atoms with Gasteiger partial charge in [0.2, 0.25) is 5.91 Å². The molecule has 10 heteroatoms. The number of nitrogens with zero attached hydrogens (tertiary/aromatic N) is 2. The minimum atomic E-state index is -0.934. The molecular formula is C46H62N6O4. The number of H-pyrrole nitrogens is 1. The summed E-state index contributed by atoms with van der Waals surface area (Å²) in [5.41, 5.74) is 4.30. The highest BCUT2D eigenvalue weighted by molar-refractivity contribution is 6.23. The average molecular weight is 763 g/mol. The summed E-state index contributed by atoms with van der Waals surface area (Å²) in [5.74, 6) is -1.14. The Kier molecular flexibility index (Phi) is 17.0. The molecule has 1 aliphatic heterocycles. The second kappa shape index (κ2) is 22.6. The number of benzene rings is 3. The Morgan fingerprint density at radius 2 is 1.21 bits per heavy atom. The Hall–Kier alpha value is -4.96. The van der Waals surface area contributed by atoms with E-state index < -0.39 is 17.9 Å². The van der Waals surface area contributed by atoms with Gasteiger partial charge >= 0.3 is 0 Å². The summed E-state index contributed by atoms with van der Waals surface area (Å²) in [6, 6.07) is 21.5. The van der Waals surface area contributed by atoms with Gasteiger partial charge in [-0.1, -0.05) is 108 Å². The van der Waals surface area contributed by atoms with Crippen molar-refractivity contribution in [2.45, 2.75) is 103 Å². The zero-order valence-corrected chi connectivity index (χ0v) is 33.5. The Balaban J connectivity index is 0.887. The Bertz CT molecular complexity index is 1810. The molecule has 0 radical (unpaired) electrons. The van der Waals surface area contributed by atoms with Crippen molar-refractivity contribution in [2.24, 2.45) is 0 Å². The molecule has 2 heterocycles. The van der Waals surface area contributed by atoms with E-state index in [9.17, 15) is 19.2 Å². The van der Waals surface area contributed by atoms with E-state index in [2.05, 4.69) is 39.7 Å². The molecule has 0 aliphatic carbocycles. The number of carbonyl (C=O) groups is 4. The van der Waals surface area contributed by atoms with Crippen molar-refractivity contribution in [3.05, 3.63) is 101 Å². The Labute approximate surface area is 333 Å². The van der Waals surface area contributed by atoms with Gasteiger partial charge < -0.3 is 25.8 Å². The fourth-order valence-corrected chi connectivity index (χ4v) is 7.59. The zero-order valence-electron chi connectivity index (χ0n) is 33.5. The van der Waals surface area contributed by atoms with E-state index in [1.807, 2.05) is 54.7 Å². The molecule has 4 amide bonds. The van der Waals surface area contributed by atoms with Crippen LogP contribution in [-0.4, -0.2) is 83.7 Å². The molecule has 0 saturated heterocycles. The van der Waals surface area contributed by atoms with Gasteiger partial charge in [-0.25, -0.2) is 0 Å². The van der Waals surface area contributed by atoms with Crippen LogP contribution in [0.15, 0.2) is 79.0 Å². The molecule has 1 unspecified atom stereocenters. The standard InChI is InChI=1S/C46H62N6O4/c1-3-51(4-2)32-31-49-43(53)35-25-27-37(28-26-35)47-29-19-13-11-9-7-5-6-8-10-12-14-20-30-48-44(54)42(33-36-34-50-41-24-18-17-21-38(36)41)52-45(55)39-22-15-16-23-40(39)46(52)56/h15-18,21-28,34,42,47,50H,3-14,19-20,29-33H2,1-2H3,(H,48,54)(H,49,53). The third-order valence-corrected chi connectivity index (χ3v) is 11.0. The van der Waals surface area contributed by atoms with Crippen LogP contribution >= 0.6 is 0 Å². The molecule has 1 atom stereocenters. The summed E-state index contributed by atoms with van der Waals surface area (Å²) in [4.78, 5) is 59.5. The van der Waals surface area contributed by atoms with Crippen LogP contribution in [0.1, 0.15) is 128 Å². The summed E-state index contributed by atoms with van der Waals surface area (Å²) >= 11 is 0. The molecule has 300 valence electrons. The van der Waals surface area contributed by atoms with Crippen molar-refractivity contribution in [1.29, 1.82) is 0 Å². The van der Waals surface area contributed by atoms with Crippen molar-refractivity contribution in [3.8, 4) is 0 Å². The van der Waals surface area contributed by atoms with Crippen molar-refractivity contribution < 1.29 is 19.2 Å². The van der Waals surface area contributed by atoms with Gasteiger partial charge in [0, 0.05) is 61.0 Å². The van der Waals surface area contributed by atoms with Crippen LogP contribution in [0.25, 0.3) is 10.9 Å². The summed E-state index contributed by atoms with van der Waals surface area (Å²) in [7, 11) is 0. The lowest BCUT2D eigenvalue weighted by Crippen LogP contribution is -2.50. The lowest BCUT2D eigenvalue weighted by atomic mass is 10.0. The molecule has 3 aromatic carbocycles. The maximum atomic E-state index is 13.6. The molecular weight excluding hydrogens is 701 g/mol. The van der Waals surface area contributed by atoms with E-state index in [0.717, 1.165) is 78.9 Å².